The van der Waals surface area contributed by atoms with Crippen LogP contribution in [-0.4, -0.2) is 69.5 Å². The zero-order chi connectivity index (χ0) is 36.9. The monoisotopic (exact) mass is 967 g/mol. The van der Waals surface area contributed by atoms with E-state index in [0.29, 0.717) is 32.4 Å². The Balaban J connectivity index is 0.00000481. The molecule has 2 aromatic heterocycles. The molecule has 16 heteroatoms. The molecule has 53 heavy (non-hydrogen) atoms. The predicted octanol–water partition coefficient (Wildman–Crippen LogP) is -0.103. The molecule has 280 valence electrons. The molecule has 5 N–H and O–H groups in total. The van der Waals surface area contributed by atoms with Crippen LogP contribution in [-0.2, 0) is 20.0 Å². The second-order valence-corrected chi connectivity index (χ2v) is 15.4. The number of aliphatic hydroxyl groups is 1. The maximum Gasteiger partial charge on any atom is 0.330 e. The number of pyridine rings is 1. The highest BCUT2D eigenvalue weighted by Gasteiger charge is 2.48. The Morgan fingerprint density at radius 3 is 2.66 bits per heavy atom. The van der Waals surface area contributed by atoms with Crippen molar-refractivity contribution in [1.82, 2.24) is 24.8 Å². The number of nitrogens with one attached hydrogen (secondary N) is 4. The third kappa shape index (κ3) is 7.46. The van der Waals surface area contributed by atoms with E-state index in [1.54, 1.807) is 19.2 Å². The highest BCUT2D eigenvalue weighted by molar-refractivity contribution is 14.1. The number of urea groups is 1. The number of methoxy groups -OCH3 is 1. The molecule has 4 aromatic rings. The first-order valence-corrected chi connectivity index (χ1v) is 18.7. The van der Waals surface area contributed by atoms with Gasteiger partial charge < -0.3 is 54.7 Å². The zero-order valence-corrected chi connectivity index (χ0v) is 34.5. The van der Waals surface area contributed by atoms with Gasteiger partial charge in [0, 0.05) is 47.3 Å². The maximum absolute atomic E-state index is 13.4. The lowest BCUT2D eigenvalue weighted by atomic mass is 9.93. The minimum atomic E-state index is -0.857. The Hall–Kier alpha value is -3.52. The smallest absolute Gasteiger partial charge is 0.330 e. The van der Waals surface area contributed by atoms with Gasteiger partial charge in [0.15, 0.2) is 0 Å². The summed E-state index contributed by atoms with van der Waals surface area (Å²) in [6.07, 6.45) is 4.03. The van der Waals surface area contributed by atoms with E-state index < -0.39 is 23.3 Å². The third-order valence-corrected chi connectivity index (χ3v) is 12.0. The topological polar surface area (TPSA) is 161 Å². The van der Waals surface area contributed by atoms with Gasteiger partial charge in [-0.25, -0.2) is 14.6 Å². The second kappa shape index (κ2) is 15.7. The summed E-state index contributed by atoms with van der Waals surface area (Å²) in [5.74, 6) is -0.0986. The summed E-state index contributed by atoms with van der Waals surface area (Å²) in [6.45, 7) is 3.97. The molecular weight excluding hydrogens is 928 g/mol. The highest BCUT2D eigenvalue weighted by Crippen LogP contribution is 2.43. The average Bonchev–Trinajstić information content (AvgIpc) is 3.73. The first-order chi connectivity index (χ1) is 24.9. The van der Waals surface area contributed by atoms with Gasteiger partial charge in [-0.2, -0.15) is 0 Å². The number of amides is 3. The van der Waals surface area contributed by atoms with Crippen LogP contribution in [0, 0.1) is 3.57 Å². The highest BCUT2D eigenvalue weighted by atomic mass is 127. The standard InChI is InChI=1S/C37H39ClIN7O6.HI/c1-20(47)17-46-18-25(34(49)44(2)36(46)51)32(48)41-26-9-5-7-23(31(26)39)22-6-4-8-24(30(22)38)27-16-21-10-11-28(29(21)33(42-27)52-3)45-15-13-37(19-45)12-14-40-35(50)43-37;/h4-9,16,18,20,28,47H,10-15,17,19H2,1-3H3,(H,41,48)(H2,40,43,50);1H/t20-,28-,37+;/m0./s1. The number of halogens is 3. The van der Waals surface area contributed by atoms with E-state index in [1.807, 2.05) is 24.3 Å². The normalized spacial score (nSPS) is 21.0. The van der Waals surface area contributed by atoms with Crippen molar-refractivity contribution < 1.29 is 48.3 Å². The van der Waals surface area contributed by atoms with Crippen LogP contribution >= 0.6 is 34.2 Å². The van der Waals surface area contributed by atoms with Crippen LogP contribution in [0.2, 0.25) is 5.02 Å². The van der Waals surface area contributed by atoms with Crippen molar-refractivity contribution in [1.29, 1.82) is 0 Å². The number of aliphatic hydroxyl groups excluding tert-OH is 1. The van der Waals surface area contributed by atoms with Crippen molar-refractivity contribution in [2.45, 2.75) is 56.8 Å². The number of nitrogens with zero attached hydrogens (tertiary/aromatic N) is 3. The fourth-order valence-electron chi connectivity index (χ4n) is 7.96. The molecule has 3 amide bonds. The van der Waals surface area contributed by atoms with Gasteiger partial charge in [0.25, 0.3) is 11.5 Å². The van der Waals surface area contributed by atoms with E-state index in [2.05, 4.69) is 44.6 Å². The molecule has 1 unspecified atom stereocenters. The van der Waals surface area contributed by atoms with E-state index in [-0.39, 0.29) is 53.7 Å². The van der Waals surface area contributed by atoms with Crippen molar-refractivity contribution in [3.63, 3.8) is 0 Å². The summed E-state index contributed by atoms with van der Waals surface area (Å²) >= 11 is 9.32. The molecule has 4 atom stereocenters. The van der Waals surface area contributed by atoms with Crippen molar-refractivity contribution >= 4 is 51.8 Å². The number of hydrogen-bond acceptors (Lipinski definition) is 7. The summed E-state index contributed by atoms with van der Waals surface area (Å²) in [4.78, 5) is 57.5. The van der Waals surface area contributed by atoms with Gasteiger partial charge in [-0.05, 0) is 65.6 Å². The molecule has 2 saturated heterocycles. The molecule has 3 aliphatic rings. The number of ether oxygens (including phenoxy) is 1. The van der Waals surface area contributed by atoms with Crippen LogP contribution in [0.3, 0.4) is 0 Å². The zero-order valence-electron chi connectivity index (χ0n) is 29.4. The number of fused-ring (bicyclic) bond motifs is 1. The maximum atomic E-state index is 13.4. The summed E-state index contributed by atoms with van der Waals surface area (Å²) in [5.41, 5.74) is 3.93. The summed E-state index contributed by atoms with van der Waals surface area (Å²) in [7, 11) is 2.94. The third-order valence-electron chi connectivity index (χ3n) is 10.5. The number of likely N-dealkylation sites (tertiary alicyclic amines) is 1. The molecule has 0 bridgehead atoms. The molecule has 2 aliphatic heterocycles. The number of benzene rings is 2. The van der Waals surface area contributed by atoms with E-state index in [1.165, 1.54) is 30.6 Å². The van der Waals surface area contributed by atoms with Crippen LogP contribution in [0.25, 0.3) is 22.4 Å². The van der Waals surface area contributed by atoms with Crippen LogP contribution in [0.15, 0.2) is 58.3 Å². The lowest BCUT2D eigenvalue weighted by Crippen LogP contribution is -3.11. The van der Waals surface area contributed by atoms with Gasteiger partial charge in [0.2, 0.25) is 5.88 Å². The molecule has 1 spiro atoms. The molecule has 4 heterocycles. The number of hydrogen-bond donors (Lipinski definition) is 5. The Morgan fingerprint density at radius 2 is 1.92 bits per heavy atom. The van der Waals surface area contributed by atoms with Crippen molar-refractivity contribution in [3.8, 4) is 28.3 Å². The minimum absolute atomic E-state index is 0. The lowest BCUT2D eigenvalue weighted by Gasteiger charge is -2.33. The van der Waals surface area contributed by atoms with Crippen molar-refractivity contribution in [2.24, 2.45) is 7.05 Å². The number of aryl methyl sites for hydroxylation is 1. The van der Waals surface area contributed by atoms with Crippen LogP contribution in [0.5, 0.6) is 5.88 Å². The van der Waals surface area contributed by atoms with Gasteiger partial charge in [0.05, 0.1) is 53.8 Å². The molecule has 1 aliphatic carbocycles. The number of quaternary nitrogens is 1. The fourth-order valence-corrected chi connectivity index (χ4v) is 9.07. The quantitative estimate of drug-likeness (QED) is 0.154. The second-order valence-electron chi connectivity index (χ2n) is 13.9. The number of aromatic nitrogens is 3. The minimum Gasteiger partial charge on any atom is -1.00 e. The number of rotatable bonds is 8. The Bertz CT molecular complexity index is 2230. The van der Waals surface area contributed by atoms with E-state index in [0.717, 1.165) is 70.2 Å². The molecule has 2 fully saturated rings. The molecular formula is C37H40ClI2N7O6. The Kier molecular flexibility index (Phi) is 11.6. The molecule has 0 saturated carbocycles. The molecule has 7 rings (SSSR count). The Morgan fingerprint density at radius 1 is 1.19 bits per heavy atom. The summed E-state index contributed by atoms with van der Waals surface area (Å²) < 4.78 is 8.62. The SMILES string of the molecule is COc1nc(-c2cccc(-c3cccc(NC(=O)c4cn(C[C@H](C)O)c(=O)n(C)c4=O)c3I)c2Cl)cc2c1[C@@H]([NH+]1CC[C@]3(CCNC(=O)N3)C1)CC2.[I-]. The number of anilines is 1. The van der Waals surface area contributed by atoms with Gasteiger partial charge in [-0.1, -0.05) is 41.9 Å². The van der Waals surface area contributed by atoms with E-state index in [9.17, 15) is 24.3 Å². The molecule has 2 aromatic carbocycles. The molecule has 13 nitrogen and oxygen atoms in total. The van der Waals surface area contributed by atoms with Crippen LogP contribution in [0.1, 0.15) is 53.7 Å². The van der Waals surface area contributed by atoms with Crippen molar-refractivity contribution in [2.75, 3.05) is 32.1 Å². The van der Waals surface area contributed by atoms with Gasteiger partial charge in [-0.15, -0.1) is 0 Å². The number of carbonyl (C=O) groups excluding carboxylic acids is 2. The largest absolute Gasteiger partial charge is 1.00 e. The van der Waals surface area contributed by atoms with Crippen LogP contribution in [0.4, 0.5) is 10.5 Å². The average molecular weight is 968 g/mol. The lowest BCUT2D eigenvalue weighted by molar-refractivity contribution is -0.921. The first-order valence-electron chi connectivity index (χ1n) is 17.3. The molecule has 0 radical (unpaired) electrons. The Labute approximate surface area is 341 Å². The first kappa shape index (κ1) is 39.2. The van der Waals surface area contributed by atoms with Crippen molar-refractivity contribution in [3.05, 3.63) is 94.8 Å². The fraction of sp³-hybridized carbons (Fsp3) is 0.378. The summed E-state index contributed by atoms with van der Waals surface area (Å²) in [6, 6.07) is 13.4. The summed E-state index contributed by atoms with van der Waals surface area (Å²) in [5, 5.41) is 19.2. The predicted molar refractivity (Wildman–Crippen MR) is 205 cm³/mol. The van der Waals surface area contributed by atoms with Gasteiger partial charge in [-0.3, -0.25) is 18.7 Å². The number of carbonyl (C=O) groups is 2. The van der Waals surface area contributed by atoms with Crippen LogP contribution < -0.4 is 60.8 Å². The van der Waals surface area contributed by atoms with E-state index >= 15 is 0 Å². The van der Waals surface area contributed by atoms with E-state index in [4.69, 9.17) is 21.3 Å². The van der Waals surface area contributed by atoms with Gasteiger partial charge >= 0.3 is 11.7 Å². The van der Waals surface area contributed by atoms with Gasteiger partial charge in [0.1, 0.15) is 18.2 Å².